The molecule has 0 spiro atoms. The number of aliphatic hydroxyl groups is 1. The fourth-order valence-corrected chi connectivity index (χ4v) is 3.22. The fourth-order valence-electron chi connectivity index (χ4n) is 3.22. The van der Waals surface area contributed by atoms with Crippen molar-refractivity contribution in [3.63, 3.8) is 0 Å². The van der Waals surface area contributed by atoms with Crippen molar-refractivity contribution in [3.8, 4) is 0 Å². The third-order valence-corrected chi connectivity index (χ3v) is 4.51. The van der Waals surface area contributed by atoms with E-state index < -0.39 is 0 Å². The Labute approximate surface area is 99.2 Å². The molecule has 3 nitrogen and oxygen atoms in total. The molecule has 2 N–H and O–H groups in total. The van der Waals surface area contributed by atoms with E-state index in [1.807, 2.05) is 0 Å². The SMILES string of the molecule is CC(C)N1CCC(C2CNC(C)(CO)C2)C1. The zero-order valence-corrected chi connectivity index (χ0v) is 10.9. The summed E-state index contributed by atoms with van der Waals surface area (Å²) in [6.07, 6.45) is 2.48. The molecule has 0 bridgehead atoms. The number of hydrogen-bond acceptors (Lipinski definition) is 3. The number of rotatable bonds is 3. The predicted octanol–water partition coefficient (Wildman–Crippen LogP) is 1.08. The van der Waals surface area contributed by atoms with Crippen molar-refractivity contribution in [2.24, 2.45) is 11.8 Å². The van der Waals surface area contributed by atoms with Crippen molar-refractivity contribution in [1.82, 2.24) is 10.2 Å². The van der Waals surface area contributed by atoms with E-state index in [1.54, 1.807) is 0 Å². The Kier molecular flexibility index (Phi) is 3.57. The Balaban J connectivity index is 1.87. The van der Waals surface area contributed by atoms with Crippen LogP contribution in [0.3, 0.4) is 0 Å². The summed E-state index contributed by atoms with van der Waals surface area (Å²) in [4.78, 5) is 2.58. The van der Waals surface area contributed by atoms with Crippen LogP contribution < -0.4 is 5.32 Å². The lowest BCUT2D eigenvalue weighted by atomic mass is 9.86. The van der Waals surface area contributed by atoms with Gasteiger partial charge in [0, 0.05) is 18.1 Å². The van der Waals surface area contributed by atoms with Gasteiger partial charge in [0.05, 0.1) is 6.61 Å². The highest BCUT2D eigenvalue weighted by Gasteiger charge is 2.40. The molecule has 0 radical (unpaired) electrons. The molecule has 3 unspecified atom stereocenters. The molecule has 2 heterocycles. The second kappa shape index (κ2) is 4.63. The number of likely N-dealkylation sites (tertiary alicyclic amines) is 1. The predicted molar refractivity (Wildman–Crippen MR) is 66.4 cm³/mol. The van der Waals surface area contributed by atoms with E-state index >= 15 is 0 Å². The molecule has 0 aliphatic carbocycles. The Morgan fingerprint density at radius 3 is 2.69 bits per heavy atom. The maximum atomic E-state index is 9.35. The monoisotopic (exact) mass is 226 g/mol. The standard InChI is InChI=1S/C13H26N2O/c1-10(2)15-5-4-11(8-15)12-6-13(3,9-16)14-7-12/h10-12,14,16H,4-9H2,1-3H3. The molecule has 0 aromatic heterocycles. The largest absolute Gasteiger partial charge is 0.394 e. The van der Waals surface area contributed by atoms with Gasteiger partial charge in [-0.15, -0.1) is 0 Å². The van der Waals surface area contributed by atoms with E-state index in [4.69, 9.17) is 0 Å². The smallest absolute Gasteiger partial charge is 0.0610 e. The Bertz CT molecular complexity index is 244. The van der Waals surface area contributed by atoms with Crippen LogP contribution in [0.25, 0.3) is 0 Å². The fraction of sp³-hybridized carbons (Fsp3) is 1.00. The van der Waals surface area contributed by atoms with Gasteiger partial charge in [0.25, 0.3) is 0 Å². The zero-order valence-electron chi connectivity index (χ0n) is 10.9. The Hall–Kier alpha value is -0.120. The van der Waals surface area contributed by atoms with Crippen LogP contribution in [0.15, 0.2) is 0 Å². The van der Waals surface area contributed by atoms with Gasteiger partial charge in [-0.05, 0) is 58.5 Å². The van der Waals surface area contributed by atoms with Crippen molar-refractivity contribution in [3.05, 3.63) is 0 Å². The van der Waals surface area contributed by atoms with Gasteiger partial charge in [-0.2, -0.15) is 0 Å². The van der Waals surface area contributed by atoms with Crippen LogP contribution in [0.4, 0.5) is 0 Å². The number of nitrogens with one attached hydrogen (secondary N) is 1. The molecule has 3 heteroatoms. The van der Waals surface area contributed by atoms with Gasteiger partial charge in [0.2, 0.25) is 0 Å². The Morgan fingerprint density at radius 2 is 2.19 bits per heavy atom. The zero-order chi connectivity index (χ0) is 11.8. The first-order valence-electron chi connectivity index (χ1n) is 6.64. The molecule has 0 saturated carbocycles. The Morgan fingerprint density at radius 1 is 1.44 bits per heavy atom. The van der Waals surface area contributed by atoms with Gasteiger partial charge in [-0.3, -0.25) is 0 Å². The van der Waals surface area contributed by atoms with Crippen molar-refractivity contribution in [2.45, 2.75) is 45.2 Å². The maximum absolute atomic E-state index is 9.35. The van der Waals surface area contributed by atoms with Crippen LogP contribution >= 0.6 is 0 Å². The lowest BCUT2D eigenvalue weighted by molar-refractivity contribution is 0.183. The topological polar surface area (TPSA) is 35.5 Å². The molecule has 2 saturated heterocycles. The first kappa shape index (κ1) is 12.3. The lowest BCUT2D eigenvalue weighted by Crippen LogP contribution is -2.39. The minimum atomic E-state index is -0.0179. The van der Waals surface area contributed by atoms with Gasteiger partial charge in [0.15, 0.2) is 0 Å². The van der Waals surface area contributed by atoms with E-state index in [0.717, 1.165) is 24.8 Å². The molecule has 2 aliphatic heterocycles. The van der Waals surface area contributed by atoms with Gasteiger partial charge < -0.3 is 15.3 Å². The second-order valence-corrected chi connectivity index (χ2v) is 6.20. The third kappa shape index (κ3) is 2.41. The number of nitrogens with zero attached hydrogens (tertiary/aromatic N) is 1. The highest BCUT2D eigenvalue weighted by molar-refractivity contribution is 4.97. The van der Waals surface area contributed by atoms with E-state index in [0.29, 0.717) is 6.04 Å². The van der Waals surface area contributed by atoms with E-state index in [9.17, 15) is 5.11 Å². The average molecular weight is 226 g/mol. The van der Waals surface area contributed by atoms with Crippen LogP contribution in [0.1, 0.15) is 33.6 Å². The van der Waals surface area contributed by atoms with Crippen molar-refractivity contribution < 1.29 is 5.11 Å². The highest BCUT2D eigenvalue weighted by atomic mass is 16.3. The molecule has 2 rings (SSSR count). The van der Waals surface area contributed by atoms with Gasteiger partial charge in [-0.1, -0.05) is 0 Å². The number of aliphatic hydroxyl groups excluding tert-OH is 1. The number of hydrogen-bond donors (Lipinski definition) is 2. The summed E-state index contributed by atoms with van der Waals surface area (Å²) < 4.78 is 0. The first-order valence-corrected chi connectivity index (χ1v) is 6.64. The van der Waals surface area contributed by atoms with E-state index in [1.165, 1.54) is 19.5 Å². The van der Waals surface area contributed by atoms with Crippen molar-refractivity contribution in [2.75, 3.05) is 26.2 Å². The molecule has 3 atom stereocenters. The molecule has 16 heavy (non-hydrogen) atoms. The van der Waals surface area contributed by atoms with Crippen LogP contribution in [-0.4, -0.2) is 47.8 Å². The normalized spacial score (nSPS) is 41.1. The molecule has 94 valence electrons. The average Bonchev–Trinajstić information content (AvgIpc) is 2.84. The summed E-state index contributed by atoms with van der Waals surface area (Å²) in [7, 11) is 0. The molecule has 0 amide bonds. The minimum absolute atomic E-state index is 0.0179. The van der Waals surface area contributed by atoms with Gasteiger partial charge in [-0.25, -0.2) is 0 Å². The lowest BCUT2D eigenvalue weighted by Gasteiger charge is -2.24. The van der Waals surface area contributed by atoms with Crippen molar-refractivity contribution >= 4 is 0 Å². The minimum Gasteiger partial charge on any atom is -0.394 e. The summed E-state index contributed by atoms with van der Waals surface area (Å²) in [5.74, 6) is 1.60. The summed E-state index contributed by atoms with van der Waals surface area (Å²) in [5.41, 5.74) is -0.0179. The van der Waals surface area contributed by atoms with Gasteiger partial charge in [0.1, 0.15) is 0 Å². The highest BCUT2D eigenvalue weighted by Crippen LogP contribution is 2.34. The third-order valence-electron chi connectivity index (χ3n) is 4.51. The molecule has 0 aromatic rings. The summed E-state index contributed by atoms with van der Waals surface area (Å²) in [5, 5.41) is 12.8. The molecule has 2 fully saturated rings. The van der Waals surface area contributed by atoms with Crippen LogP contribution in [-0.2, 0) is 0 Å². The van der Waals surface area contributed by atoms with E-state index in [2.05, 4.69) is 31.0 Å². The summed E-state index contributed by atoms with van der Waals surface area (Å²) in [6.45, 7) is 10.6. The van der Waals surface area contributed by atoms with Gasteiger partial charge >= 0.3 is 0 Å². The quantitative estimate of drug-likeness (QED) is 0.756. The maximum Gasteiger partial charge on any atom is 0.0610 e. The molecular weight excluding hydrogens is 200 g/mol. The van der Waals surface area contributed by atoms with Crippen LogP contribution in [0.5, 0.6) is 0 Å². The van der Waals surface area contributed by atoms with Crippen LogP contribution in [0.2, 0.25) is 0 Å². The molecular formula is C13H26N2O. The second-order valence-electron chi connectivity index (χ2n) is 6.20. The molecule has 0 aromatic carbocycles. The summed E-state index contributed by atoms with van der Waals surface area (Å²) in [6, 6.07) is 0.684. The van der Waals surface area contributed by atoms with Crippen LogP contribution in [0, 0.1) is 11.8 Å². The summed E-state index contributed by atoms with van der Waals surface area (Å²) >= 11 is 0. The first-order chi connectivity index (χ1) is 7.54. The van der Waals surface area contributed by atoms with E-state index in [-0.39, 0.29) is 12.1 Å². The molecule has 2 aliphatic rings. The van der Waals surface area contributed by atoms with Crippen molar-refractivity contribution in [1.29, 1.82) is 0 Å².